The van der Waals surface area contributed by atoms with Gasteiger partial charge in [0.25, 0.3) is 5.69 Å². The number of nitrogens with zero attached hydrogens (tertiary/aromatic N) is 2. The molecule has 98 valence electrons. The van der Waals surface area contributed by atoms with Gasteiger partial charge >= 0.3 is 0 Å². The van der Waals surface area contributed by atoms with Gasteiger partial charge in [-0.1, -0.05) is 12.1 Å². The molecular formula is C12H17N3O3. The summed E-state index contributed by atoms with van der Waals surface area (Å²) in [6.45, 7) is 1.19. The Labute approximate surface area is 106 Å². The molecule has 0 radical (unpaired) electrons. The minimum Gasteiger partial charge on any atom is -0.349 e. The Bertz CT molecular complexity index is 415. The molecule has 0 aliphatic rings. The number of hydrogen-bond acceptors (Lipinski definition) is 4. The van der Waals surface area contributed by atoms with E-state index in [4.69, 9.17) is 0 Å². The van der Waals surface area contributed by atoms with Gasteiger partial charge < -0.3 is 10.2 Å². The number of carbonyl (C=O) groups excluding carboxylic acids is 1. The molecule has 0 spiro atoms. The number of nitro groups is 1. The van der Waals surface area contributed by atoms with E-state index in [-0.39, 0.29) is 11.6 Å². The molecule has 0 aromatic heterocycles. The van der Waals surface area contributed by atoms with Crippen molar-refractivity contribution in [2.75, 3.05) is 20.6 Å². The first kappa shape index (κ1) is 14.1. The van der Waals surface area contributed by atoms with E-state index in [1.165, 1.54) is 12.1 Å². The lowest BCUT2D eigenvalue weighted by molar-refractivity contribution is -0.384. The van der Waals surface area contributed by atoms with E-state index in [1.807, 2.05) is 0 Å². The van der Waals surface area contributed by atoms with E-state index < -0.39 is 4.92 Å². The van der Waals surface area contributed by atoms with Crippen molar-refractivity contribution in [2.24, 2.45) is 0 Å². The number of nitro benzene ring substituents is 1. The van der Waals surface area contributed by atoms with E-state index in [1.54, 1.807) is 31.1 Å². The lowest BCUT2D eigenvalue weighted by atomic mass is 10.2. The molecule has 0 fully saturated rings. The highest BCUT2D eigenvalue weighted by Crippen LogP contribution is 2.11. The van der Waals surface area contributed by atoms with Gasteiger partial charge in [0.2, 0.25) is 5.91 Å². The average Bonchev–Trinajstić information content (AvgIpc) is 2.34. The molecule has 1 rings (SSSR count). The van der Waals surface area contributed by atoms with Crippen molar-refractivity contribution in [1.29, 1.82) is 0 Å². The van der Waals surface area contributed by atoms with Crippen LogP contribution in [-0.4, -0.2) is 36.4 Å². The zero-order chi connectivity index (χ0) is 13.5. The van der Waals surface area contributed by atoms with E-state index in [0.717, 1.165) is 5.56 Å². The molecule has 0 aliphatic carbocycles. The summed E-state index contributed by atoms with van der Waals surface area (Å²) in [5.74, 6) is 0.0752. The van der Waals surface area contributed by atoms with Gasteiger partial charge in [0.05, 0.1) is 4.92 Å². The van der Waals surface area contributed by atoms with Gasteiger partial charge in [0, 0.05) is 45.7 Å². The fourth-order valence-corrected chi connectivity index (χ4v) is 1.39. The second kappa shape index (κ2) is 6.70. The van der Waals surface area contributed by atoms with Gasteiger partial charge in [-0.05, 0) is 5.56 Å². The third-order valence-electron chi connectivity index (χ3n) is 2.49. The van der Waals surface area contributed by atoms with E-state index >= 15 is 0 Å². The number of hydrogen-bond donors (Lipinski definition) is 1. The van der Waals surface area contributed by atoms with Crippen LogP contribution in [0.15, 0.2) is 24.3 Å². The van der Waals surface area contributed by atoms with Crippen LogP contribution in [0.25, 0.3) is 0 Å². The fourth-order valence-electron chi connectivity index (χ4n) is 1.39. The summed E-state index contributed by atoms with van der Waals surface area (Å²) in [7, 11) is 3.44. The van der Waals surface area contributed by atoms with Gasteiger partial charge in [-0.15, -0.1) is 0 Å². The Morgan fingerprint density at radius 1 is 1.33 bits per heavy atom. The van der Waals surface area contributed by atoms with Crippen molar-refractivity contribution in [1.82, 2.24) is 10.2 Å². The molecule has 6 nitrogen and oxygen atoms in total. The maximum atomic E-state index is 11.3. The van der Waals surface area contributed by atoms with E-state index in [2.05, 4.69) is 5.32 Å². The number of carbonyl (C=O) groups is 1. The van der Waals surface area contributed by atoms with Crippen LogP contribution < -0.4 is 5.32 Å². The van der Waals surface area contributed by atoms with Gasteiger partial charge in [0.15, 0.2) is 0 Å². The molecule has 1 N–H and O–H groups in total. The Morgan fingerprint density at radius 2 is 1.94 bits per heavy atom. The predicted molar refractivity (Wildman–Crippen MR) is 68.1 cm³/mol. The van der Waals surface area contributed by atoms with Crippen LogP contribution in [0.4, 0.5) is 5.69 Å². The van der Waals surface area contributed by atoms with Crippen LogP contribution in [0.1, 0.15) is 12.0 Å². The van der Waals surface area contributed by atoms with E-state index in [0.29, 0.717) is 19.5 Å². The summed E-state index contributed by atoms with van der Waals surface area (Å²) in [6.07, 6.45) is 0.444. The first-order chi connectivity index (χ1) is 8.50. The minimum absolute atomic E-state index is 0.0752. The summed E-state index contributed by atoms with van der Waals surface area (Å²) in [4.78, 5) is 22.9. The molecular weight excluding hydrogens is 234 g/mol. The molecule has 0 unspecified atom stereocenters. The topological polar surface area (TPSA) is 75.5 Å². The summed E-state index contributed by atoms with van der Waals surface area (Å²) in [5.41, 5.74) is 1.04. The summed E-state index contributed by atoms with van der Waals surface area (Å²) in [5, 5.41) is 13.6. The predicted octanol–water partition coefficient (Wildman–Crippen LogP) is 1.16. The van der Waals surface area contributed by atoms with Crippen molar-refractivity contribution in [3.63, 3.8) is 0 Å². The molecule has 0 bridgehead atoms. The number of nitrogens with one attached hydrogen (secondary N) is 1. The van der Waals surface area contributed by atoms with Crippen LogP contribution in [-0.2, 0) is 11.3 Å². The van der Waals surface area contributed by atoms with Crippen molar-refractivity contribution >= 4 is 11.6 Å². The lowest BCUT2D eigenvalue weighted by Crippen LogP contribution is -2.26. The van der Waals surface area contributed by atoms with Gasteiger partial charge in [-0.25, -0.2) is 0 Å². The second-order valence-corrected chi connectivity index (χ2v) is 4.14. The molecule has 1 amide bonds. The minimum atomic E-state index is -0.424. The van der Waals surface area contributed by atoms with Crippen molar-refractivity contribution in [3.05, 3.63) is 39.9 Å². The molecule has 0 atom stereocenters. The molecule has 0 saturated heterocycles. The highest BCUT2D eigenvalue weighted by Gasteiger charge is 2.04. The van der Waals surface area contributed by atoms with Gasteiger partial charge in [0.1, 0.15) is 0 Å². The Kier molecular flexibility index (Phi) is 5.26. The lowest BCUT2D eigenvalue weighted by Gasteiger charge is -2.10. The first-order valence-corrected chi connectivity index (χ1v) is 5.65. The number of rotatable bonds is 6. The maximum Gasteiger partial charge on any atom is 0.269 e. The monoisotopic (exact) mass is 251 g/mol. The molecule has 0 saturated carbocycles. The smallest absolute Gasteiger partial charge is 0.269 e. The molecule has 1 aromatic rings. The second-order valence-electron chi connectivity index (χ2n) is 4.14. The molecule has 18 heavy (non-hydrogen) atoms. The van der Waals surface area contributed by atoms with Crippen molar-refractivity contribution in [2.45, 2.75) is 13.0 Å². The number of non-ortho nitro benzene ring substituents is 1. The Hall–Kier alpha value is -1.95. The van der Waals surface area contributed by atoms with Crippen LogP contribution in [0, 0.1) is 10.1 Å². The molecule has 1 aromatic carbocycles. The van der Waals surface area contributed by atoms with Gasteiger partial charge in [-0.3, -0.25) is 14.9 Å². The van der Waals surface area contributed by atoms with Crippen molar-refractivity contribution in [3.8, 4) is 0 Å². The highest BCUT2D eigenvalue weighted by atomic mass is 16.6. The number of benzene rings is 1. The Morgan fingerprint density at radius 3 is 2.44 bits per heavy atom. The molecule has 0 heterocycles. The third-order valence-corrected chi connectivity index (χ3v) is 2.49. The maximum absolute atomic E-state index is 11.3. The zero-order valence-corrected chi connectivity index (χ0v) is 10.5. The van der Waals surface area contributed by atoms with E-state index in [9.17, 15) is 14.9 Å². The average molecular weight is 251 g/mol. The number of amides is 1. The molecule has 0 aliphatic heterocycles. The summed E-state index contributed by atoms with van der Waals surface area (Å²) in [6, 6.07) is 6.36. The standard InChI is InChI=1S/C12H17N3O3/c1-14(2)12(16)7-8-13-9-10-3-5-11(6-4-10)15(17)18/h3-6,13H,7-9H2,1-2H3. The normalized spacial score (nSPS) is 10.1. The highest BCUT2D eigenvalue weighted by molar-refractivity contribution is 5.75. The molecule has 6 heteroatoms. The summed E-state index contributed by atoms with van der Waals surface area (Å²) >= 11 is 0. The fraction of sp³-hybridized carbons (Fsp3) is 0.417. The van der Waals surface area contributed by atoms with Crippen LogP contribution >= 0.6 is 0 Å². The quantitative estimate of drug-likeness (QED) is 0.467. The summed E-state index contributed by atoms with van der Waals surface area (Å²) < 4.78 is 0. The zero-order valence-electron chi connectivity index (χ0n) is 10.5. The largest absolute Gasteiger partial charge is 0.349 e. The van der Waals surface area contributed by atoms with Crippen molar-refractivity contribution < 1.29 is 9.72 Å². The first-order valence-electron chi connectivity index (χ1n) is 5.65. The third kappa shape index (κ3) is 4.50. The van der Waals surface area contributed by atoms with Crippen LogP contribution in [0.5, 0.6) is 0 Å². The Balaban J connectivity index is 2.31. The van der Waals surface area contributed by atoms with Crippen LogP contribution in [0.3, 0.4) is 0 Å². The SMILES string of the molecule is CN(C)C(=O)CCNCc1ccc([N+](=O)[O-])cc1. The van der Waals surface area contributed by atoms with Gasteiger partial charge in [-0.2, -0.15) is 0 Å². The van der Waals surface area contributed by atoms with Crippen LogP contribution in [0.2, 0.25) is 0 Å².